The molecule has 1 rings (SSSR count). The van der Waals surface area contributed by atoms with E-state index in [1.54, 1.807) is 0 Å². The minimum absolute atomic E-state index is 0.283. The van der Waals surface area contributed by atoms with E-state index >= 15 is 0 Å². The Balaban J connectivity index is 2.79. The topological polar surface area (TPSA) is 38.1 Å². The van der Waals surface area contributed by atoms with Gasteiger partial charge in [-0.3, -0.25) is 4.68 Å². The minimum Gasteiger partial charge on any atom is -0.504 e. The molecular weight excluding hydrogens is 140 g/mol. The fourth-order valence-corrected chi connectivity index (χ4v) is 0.967. The van der Waals surface area contributed by atoms with Gasteiger partial charge in [-0.15, -0.1) is 0 Å². The number of aromatic hydroxyl groups is 1. The molecule has 1 heterocycles. The molecule has 0 unspecified atom stereocenters. The molecule has 0 spiro atoms. The van der Waals surface area contributed by atoms with Crippen LogP contribution in [0.25, 0.3) is 0 Å². The van der Waals surface area contributed by atoms with Gasteiger partial charge in [-0.2, -0.15) is 5.10 Å². The fraction of sp³-hybridized carbons (Fsp3) is 0.625. The summed E-state index contributed by atoms with van der Waals surface area (Å²) in [6.07, 6.45) is 1.48. The first-order valence-corrected chi connectivity index (χ1v) is 3.82. The Morgan fingerprint density at radius 2 is 2.27 bits per heavy atom. The van der Waals surface area contributed by atoms with Crippen molar-refractivity contribution in [3.63, 3.8) is 0 Å². The summed E-state index contributed by atoms with van der Waals surface area (Å²) < 4.78 is 1.82. The average Bonchev–Trinajstić information content (AvgIpc) is 2.18. The van der Waals surface area contributed by atoms with Gasteiger partial charge >= 0.3 is 0 Å². The first kappa shape index (κ1) is 8.11. The molecular formula is C8H14N2O. The van der Waals surface area contributed by atoms with Crippen LogP contribution in [0.15, 0.2) is 6.20 Å². The Hall–Kier alpha value is -0.990. The smallest absolute Gasteiger partial charge is 0.156 e. The molecule has 1 aromatic rings. The normalized spacial score (nSPS) is 10.9. The van der Waals surface area contributed by atoms with E-state index in [9.17, 15) is 0 Å². The molecule has 3 heteroatoms. The quantitative estimate of drug-likeness (QED) is 0.701. The van der Waals surface area contributed by atoms with E-state index in [1.165, 1.54) is 6.20 Å². The predicted octanol–water partition coefficient (Wildman–Crippen LogP) is 1.55. The average molecular weight is 154 g/mol. The molecule has 1 aromatic heterocycles. The van der Waals surface area contributed by atoms with Gasteiger partial charge < -0.3 is 5.11 Å². The molecule has 0 fully saturated rings. The highest BCUT2D eigenvalue weighted by Crippen LogP contribution is 2.14. The Labute approximate surface area is 66.7 Å². The number of hydrogen-bond donors (Lipinski definition) is 1. The number of hydrogen-bond acceptors (Lipinski definition) is 2. The van der Waals surface area contributed by atoms with Crippen molar-refractivity contribution in [2.75, 3.05) is 0 Å². The van der Waals surface area contributed by atoms with Gasteiger partial charge in [0, 0.05) is 6.54 Å². The van der Waals surface area contributed by atoms with E-state index in [-0.39, 0.29) is 5.75 Å². The maximum atomic E-state index is 9.17. The minimum atomic E-state index is 0.283. The van der Waals surface area contributed by atoms with Gasteiger partial charge in [-0.25, -0.2) is 0 Å². The molecule has 0 aromatic carbocycles. The lowest BCUT2D eigenvalue weighted by Crippen LogP contribution is -2.07. The molecule has 1 N–H and O–H groups in total. The van der Waals surface area contributed by atoms with Gasteiger partial charge in [0.1, 0.15) is 0 Å². The van der Waals surface area contributed by atoms with E-state index in [0.29, 0.717) is 5.92 Å². The third-order valence-corrected chi connectivity index (χ3v) is 1.62. The number of rotatable bonds is 2. The van der Waals surface area contributed by atoms with Crippen LogP contribution in [-0.2, 0) is 6.54 Å². The zero-order chi connectivity index (χ0) is 8.43. The number of aromatic nitrogens is 2. The van der Waals surface area contributed by atoms with Gasteiger partial charge in [0.25, 0.3) is 0 Å². The molecule has 0 bridgehead atoms. The zero-order valence-corrected chi connectivity index (χ0v) is 7.20. The second kappa shape index (κ2) is 2.95. The maximum absolute atomic E-state index is 9.17. The highest BCUT2D eigenvalue weighted by molar-refractivity contribution is 5.21. The summed E-state index contributed by atoms with van der Waals surface area (Å²) in [5.74, 6) is 0.846. The van der Waals surface area contributed by atoms with Gasteiger partial charge in [-0.1, -0.05) is 13.8 Å². The van der Waals surface area contributed by atoms with Crippen LogP contribution >= 0.6 is 0 Å². The molecule has 0 aliphatic rings. The predicted molar refractivity (Wildman–Crippen MR) is 43.5 cm³/mol. The Bertz CT molecular complexity index is 240. The van der Waals surface area contributed by atoms with Crippen LogP contribution in [0.1, 0.15) is 19.5 Å². The third-order valence-electron chi connectivity index (χ3n) is 1.62. The van der Waals surface area contributed by atoms with Crippen molar-refractivity contribution in [2.24, 2.45) is 5.92 Å². The van der Waals surface area contributed by atoms with Gasteiger partial charge in [-0.05, 0) is 12.8 Å². The van der Waals surface area contributed by atoms with Crippen molar-refractivity contribution in [1.82, 2.24) is 9.78 Å². The van der Waals surface area contributed by atoms with E-state index in [1.807, 2.05) is 11.6 Å². The molecule has 0 saturated carbocycles. The monoisotopic (exact) mass is 154 g/mol. The van der Waals surface area contributed by atoms with Crippen molar-refractivity contribution >= 4 is 0 Å². The van der Waals surface area contributed by atoms with Gasteiger partial charge in [0.2, 0.25) is 0 Å². The van der Waals surface area contributed by atoms with Crippen LogP contribution in [-0.4, -0.2) is 14.9 Å². The Morgan fingerprint density at radius 1 is 1.64 bits per heavy atom. The van der Waals surface area contributed by atoms with Gasteiger partial charge in [0.15, 0.2) is 5.75 Å². The van der Waals surface area contributed by atoms with Crippen molar-refractivity contribution in [3.8, 4) is 5.75 Å². The summed E-state index contributed by atoms with van der Waals surface area (Å²) in [7, 11) is 0. The third kappa shape index (κ3) is 1.73. The molecule has 0 aliphatic carbocycles. The largest absolute Gasteiger partial charge is 0.504 e. The van der Waals surface area contributed by atoms with Crippen molar-refractivity contribution in [1.29, 1.82) is 0 Å². The SMILES string of the molecule is Cc1c(O)cnn1CC(C)C. The molecule has 0 aliphatic heterocycles. The Kier molecular flexibility index (Phi) is 2.17. The van der Waals surface area contributed by atoms with Crippen LogP contribution in [0, 0.1) is 12.8 Å². The maximum Gasteiger partial charge on any atom is 0.156 e. The van der Waals surface area contributed by atoms with E-state index in [0.717, 1.165) is 12.2 Å². The molecule has 0 atom stereocenters. The second-order valence-corrected chi connectivity index (χ2v) is 3.19. The van der Waals surface area contributed by atoms with Gasteiger partial charge in [0.05, 0.1) is 11.9 Å². The summed E-state index contributed by atoms with van der Waals surface area (Å²) in [4.78, 5) is 0. The molecule has 0 amide bonds. The fourth-order valence-electron chi connectivity index (χ4n) is 0.967. The summed E-state index contributed by atoms with van der Waals surface area (Å²) in [5.41, 5.74) is 0.846. The first-order chi connectivity index (χ1) is 5.11. The van der Waals surface area contributed by atoms with Crippen LogP contribution in [0.3, 0.4) is 0 Å². The molecule has 11 heavy (non-hydrogen) atoms. The lowest BCUT2D eigenvalue weighted by molar-refractivity contribution is 0.452. The molecule has 62 valence electrons. The zero-order valence-electron chi connectivity index (χ0n) is 7.20. The lowest BCUT2D eigenvalue weighted by Gasteiger charge is -2.06. The highest BCUT2D eigenvalue weighted by Gasteiger charge is 2.04. The summed E-state index contributed by atoms with van der Waals surface area (Å²) in [6, 6.07) is 0. The van der Waals surface area contributed by atoms with Crippen molar-refractivity contribution in [2.45, 2.75) is 27.3 Å². The Morgan fingerprint density at radius 3 is 2.64 bits per heavy atom. The standard InChI is InChI=1S/C8H14N2O/c1-6(2)5-10-7(3)8(11)4-9-10/h4,6,11H,5H2,1-3H3. The van der Waals surface area contributed by atoms with E-state index < -0.39 is 0 Å². The highest BCUT2D eigenvalue weighted by atomic mass is 16.3. The van der Waals surface area contributed by atoms with E-state index in [4.69, 9.17) is 5.11 Å². The van der Waals surface area contributed by atoms with Crippen LogP contribution in [0.2, 0.25) is 0 Å². The van der Waals surface area contributed by atoms with Crippen molar-refractivity contribution in [3.05, 3.63) is 11.9 Å². The van der Waals surface area contributed by atoms with Crippen LogP contribution < -0.4 is 0 Å². The molecule has 3 nitrogen and oxygen atoms in total. The molecule has 0 radical (unpaired) electrons. The molecule has 0 saturated heterocycles. The second-order valence-electron chi connectivity index (χ2n) is 3.19. The van der Waals surface area contributed by atoms with E-state index in [2.05, 4.69) is 18.9 Å². The van der Waals surface area contributed by atoms with Crippen LogP contribution in [0.5, 0.6) is 5.75 Å². The summed E-state index contributed by atoms with van der Waals surface area (Å²) in [5, 5.41) is 13.2. The lowest BCUT2D eigenvalue weighted by atomic mass is 10.2. The summed E-state index contributed by atoms with van der Waals surface area (Å²) >= 11 is 0. The summed E-state index contributed by atoms with van der Waals surface area (Å²) in [6.45, 7) is 6.98. The van der Waals surface area contributed by atoms with Crippen LogP contribution in [0.4, 0.5) is 0 Å². The first-order valence-electron chi connectivity index (χ1n) is 3.82. The van der Waals surface area contributed by atoms with Crippen molar-refractivity contribution < 1.29 is 5.11 Å². The number of nitrogens with zero attached hydrogens (tertiary/aromatic N) is 2.